The van der Waals surface area contributed by atoms with Crippen molar-refractivity contribution in [1.82, 2.24) is 9.13 Å². The van der Waals surface area contributed by atoms with Crippen molar-refractivity contribution in [2.75, 3.05) is 5.32 Å². The molecule has 158 valence electrons. The van der Waals surface area contributed by atoms with Gasteiger partial charge >= 0.3 is 5.69 Å². The van der Waals surface area contributed by atoms with Gasteiger partial charge in [0.2, 0.25) is 5.91 Å². The summed E-state index contributed by atoms with van der Waals surface area (Å²) in [5.74, 6) is -0.325. The Hall–Kier alpha value is -3.45. The molecule has 0 aliphatic rings. The lowest BCUT2D eigenvalue weighted by Gasteiger charge is -2.14. The van der Waals surface area contributed by atoms with Crippen LogP contribution in [-0.2, 0) is 11.3 Å². The lowest BCUT2D eigenvalue weighted by Crippen LogP contribution is -2.40. The zero-order valence-electron chi connectivity index (χ0n) is 17.9. The lowest BCUT2D eigenvalue weighted by atomic mass is 10.1. The first kappa shape index (κ1) is 20.8. The molecule has 1 N–H and O–H groups in total. The summed E-state index contributed by atoms with van der Waals surface area (Å²) in [6.45, 7) is 7.58. The molecule has 1 amide bonds. The number of anilines is 1. The molecule has 0 saturated carbocycles. The van der Waals surface area contributed by atoms with Crippen molar-refractivity contribution in [3.05, 3.63) is 90.9 Å². The lowest BCUT2D eigenvalue weighted by molar-refractivity contribution is -0.116. The molecular formula is C24H23N3O3S. The van der Waals surface area contributed by atoms with Gasteiger partial charge in [-0.05, 0) is 79.6 Å². The van der Waals surface area contributed by atoms with Crippen LogP contribution in [0.3, 0.4) is 0 Å². The molecule has 6 nitrogen and oxygen atoms in total. The number of amides is 1. The second-order valence-corrected chi connectivity index (χ2v) is 8.70. The van der Waals surface area contributed by atoms with Crippen LogP contribution < -0.4 is 16.6 Å². The Morgan fingerprint density at radius 2 is 1.68 bits per heavy atom. The Labute approximate surface area is 183 Å². The van der Waals surface area contributed by atoms with Gasteiger partial charge in [0.05, 0.1) is 11.2 Å². The molecule has 0 atom stereocenters. The molecule has 4 rings (SSSR count). The number of carbonyl (C=O) groups excluding carboxylic acids is 1. The number of thiophene rings is 1. The van der Waals surface area contributed by atoms with E-state index < -0.39 is 5.69 Å². The summed E-state index contributed by atoms with van der Waals surface area (Å²) >= 11 is 1.26. The van der Waals surface area contributed by atoms with E-state index in [0.717, 1.165) is 26.8 Å². The van der Waals surface area contributed by atoms with Crippen molar-refractivity contribution in [2.45, 2.75) is 34.2 Å². The summed E-state index contributed by atoms with van der Waals surface area (Å²) in [5, 5.41) is 4.65. The molecule has 0 bridgehead atoms. The molecule has 0 fully saturated rings. The molecular weight excluding hydrogens is 410 g/mol. The van der Waals surface area contributed by atoms with Crippen molar-refractivity contribution in [2.24, 2.45) is 0 Å². The van der Waals surface area contributed by atoms with E-state index in [2.05, 4.69) is 5.32 Å². The Kier molecular flexibility index (Phi) is 5.37. The van der Waals surface area contributed by atoms with Crippen molar-refractivity contribution in [1.29, 1.82) is 0 Å². The van der Waals surface area contributed by atoms with Gasteiger partial charge < -0.3 is 5.32 Å². The van der Waals surface area contributed by atoms with Gasteiger partial charge in [-0.2, -0.15) is 0 Å². The second-order valence-electron chi connectivity index (χ2n) is 7.78. The summed E-state index contributed by atoms with van der Waals surface area (Å²) < 4.78 is 2.96. The van der Waals surface area contributed by atoms with E-state index >= 15 is 0 Å². The van der Waals surface area contributed by atoms with Gasteiger partial charge in [0.1, 0.15) is 11.2 Å². The number of carbonyl (C=O) groups is 1. The van der Waals surface area contributed by atoms with Crippen molar-refractivity contribution in [3.8, 4) is 5.69 Å². The predicted molar refractivity (Wildman–Crippen MR) is 126 cm³/mol. The number of nitrogens with one attached hydrogen (secondary N) is 1. The fourth-order valence-electron chi connectivity index (χ4n) is 3.54. The van der Waals surface area contributed by atoms with E-state index in [-0.39, 0.29) is 18.0 Å². The van der Waals surface area contributed by atoms with E-state index in [1.54, 1.807) is 17.5 Å². The zero-order chi connectivity index (χ0) is 22.3. The number of nitrogens with zero attached hydrogens (tertiary/aromatic N) is 2. The van der Waals surface area contributed by atoms with Crippen molar-refractivity contribution < 1.29 is 4.79 Å². The number of hydrogen-bond acceptors (Lipinski definition) is 4. The average Bonchev–Trinajstić information content (AvgIpc) is 3.21. The molecule has 2 heterocycles. The van der Waals surface area contributed by atoms with Crippen LogP contribution in [0.5, 0.6) is 0 Å². The fraction of sp³-hybridized carbons (Fsp3) is 0.208. The number of rotatable bonds is 4. The summed E-state index contributed by atoms with van der Waals surface area (Å²) in [6.07, 6.45) is 0. The predicted octanol–water partition coefficient (Wildman–Crippen LogP) is 4.09. The van der Waals surface area contributed by atoms with Crippen LogP contribution in [0.25, 0.3) is 15.9 Å². The Morgan fingerprint density at radius 3 is 2.42 bits per heavy atom. The van der Waals surface area contributed by atoms with E-state index in [9.17, 15) is 14.4 Å². The topological polar surface area (TPSA) is 73.1 Å². The standard InChI is InChI=1S/C24H23N3O3S/c1-14-5-6-16(3)19(11-14)25-21(28)13-26-20-9-10-31-22(20)23(29)27(24(26)30)18-8-7-15(2)17(4)12-18/h5-12H,13H2,1-4H3,(H,25,28). The largest absolute Gasteiger partial charge is 0.336 e. The summed E-state index contributed by atoms with van der Waals surface area (Å²) in [4.78, 5) is 39.3. The molecule has 2 aromatic heterocycles. The van der Waals surface area contributed by atoms with Crippen LogP contribution in [0.15, 0.2) is 57.4 Å². The van der Waals surface area contributed by atoms with Gasteiger partial charge in [-0.15, -0.1) is 11.3 Å². The van der Waals surface area contributed by atoms with Crippen LogP contribution in [-0.4, -0.2) is 15.0 Å². The summed E-state index contributed by atoms with van der Waals surface area (Å²) in [7, 11) is 0. The third-order valence-electron chi connectivity index (χ3n) is 5.47. The Morgan fingerprint density at radius 1 is 0.935 bits per heavy atom. The number of aromatic nitrogens is 2. The number of hydrogen-bond donors (Lipinski definition) is 1. The minimum atomic E-state index is -0.532. The van der Waals surface area contributed by atoms with E-state index in [1.807, 2.05) is 58.0 Å². The van der Waals surface area contributed by atoms with Crippen LogP contribution in [0, 0.1) is 27.7 Å². The first-order valence-electron chi connectivity index (χ1n) is 9.94. The first-order chi connectivity index (χ1) is 14.8. The number of aryl methyl sites for hydroxylation is 4. The van der Waals surface area contributed by atoms with Gasteiger partial charge in [-0.1, -0.05) is 18.2 Å². The number of fused-ring (bicyclic) bond motifs is 1. The minimum absolute atomic E-state index is 0.190. The van der Waals surface area contributed by atoms with E-state index in [4.69, 9.17) is 0 Å². The second kappa shape index (κ2) is 8.00. The molecule has 7 heteroatoms. The highest BCUT2D eigenvalue weighted by molar-refractivity contribution is 7.17. The molecule has 0 unspecified atom stereocenters. The van der Waals surface area contributed by atoms with Crippen molar-refractivity contribution in [3.63, 3.8) is 0 Å². The quantitative estimate of drug-likeness (QED) is 0.527. The highest BCUT2D eigenvalue weighted by atomic mass is 32.1. The maximum Gasteiger partial charge on any atom is 0.336 e. The van der Waals surface area contributed by atoms with Gasteiger partial charge in [0.25, 0.3) is 5.56 Å². The summed E-state index contributed by atoms with van der Waals surface area (Å²) in [5.41, 5.74) is 4.79. The van der Waals surface area contributed by atoms with Gasteiger partial charge in [-0.3, -0.25) is 14.2 Å². The van der Waals surface area contributed by atoms with E-state index in [0.29, 0.717) is 21.6 Å². The molecule has 4 aromatic rings. The molecule has 0 radical (unpaired) electrons. The third kappa shape index (κ3) is 3.84. The maximum absolute atomic E-state index is 13.4. The zero-order valence-corrected chi connectivity index (χ0v) is 18.7. The van der Waals surface area contributed by atoms with Gasteiger partial charge in [0.15, 0.2) is 0 Å². The Balaban J connectivity index is 1.81. The van der Waals surface area contributed by atoms with E-state index in [1.165, 1.54) is 15.9 Å². The maximum atomic E-state index is 13.4. The normalized spacial score (nSPS) is 11.1. The molecule has 0 aliphatic heterocycles. The van der Waals surface area contributed by atoms with Gasteiger partial charge in [-0.25, -0.2) is 9.36 Å². The van der Waals surface area contributed by atoms with Crippen LogP contribution in [0.4, 0.5) is 5.69 Å². The smallest absolute Gasteiger partial charge is 0.324 e. The third-order valence-corrected chi connectivity index (χ3v) is 6.36. The SMILES string of the molecule is Cc1ccc(C)c(NC(=O)Cn2c(=O)n(-c3ccc(C)c(C)c3)c(=O)c3sccc32)c1. The molecule has 2 aromatic carbocycles. The molecule has 0 saturated heterocycles. The van der Waals surface area contributed by atoms with Crippen LogP contribution in [0.1, 0.15) is 22.3 Å². The van der Waals surface area contributed by atoms with Crippen LogP contribution in [0.2, 0.25) is 0 Å². The Bertz CT molecular complexity index is 1440. The van der Waals surface area contributed by atoms with Crippen molar-refractivity contribution >= 4 is 33.1 Å². The minimum Gasteiger partial charge on any atom is -0.324 e. The highest BCUT2D eigenvalue weighted by Gasteiger charge is 2.18. The number of benzene rings is 2. The highest BCUT2D eigenvalue weighted by Crippen LogP contribution is 2.19. The molecule has 0 aliphatic carbocycles. The summed E-state index contributed by atoms with van der Waals surface area (Å²) in [6, 6.07) is 13.0. The van der Waals surface area contributed by atoms with Crippen LogP contribution >= 0.6 is 11.3 Å². The first-order valence-corrected chi connectivity index (χ1v) is 10.8. The monoisotopic (exact) mass is 433 g/mol. The molecule has 31 heavy (non-hydrogen) atoms. The average molecular weight is 434 g/mol. The van der Waals surface area contributed by atoms with Gasteiger partial charge in [0, 0.05) is 5.69 Å². The fourth-order valence-corrected chi connectivity index (χ4v) is 4.36. The molecule has 0 spiro atoms.